The Morgan fingerprint density at radius 2 is 1.95 bits per heavy atom. The van der Waals surface area contributed by atoms with Crippen LogP contribution in [0.2, 0.25) is 0 Å². The third-order valence-electron chi connectivity index (χ3n) is 3.12. The van der Waals surface area contributed by atoms with E-state index in [0.29, 0.717) is 5.95 Å². The molecule has 0 aliphatic rings. The van der Waals surface area contributed by atoms with Crippen LogP contribution < -0.4 is 4.90 Å². The zero-order chi connectivity index (χ0) is 14.0. The number of aromatic nitrogens is 4. The average Bonchev–Trinajstić information content (AvgIpc) is 2.87. The summed E-state index contributed by atoms with van der Waals surface area (Å²) in [6, 6.07) is 9.31. The fourth-order valence-corrected chi connectivity index (χ4v) is 1.52. The van der Waals surface area contributed by atoms with Crippen LogP contribution in [0.25, 0.3) is 5.69 Å². The average molecular weight is 261 g/mol. The van der Waals surface area contributed by atoms with Crippen LogP contribution in [0.1, 0.15) is 13.8 Å². The number of carboxylic acid groups (broad SMARTS) is 1. The SMILES string of the molecule is CN(c1nnnn1-c1ccccc1)C(C)(C)C(=O)O. The maximum absolute atomic E-state index is 11.3. The first-order chi connectivity index (χ1) is 8.94. The molecule has 0 saturated carbocycles. The molecular formula is C12H15N5O2. The molecule has 19 heavy (non-hydrogen) atoms. The molecule has 0 unspecified atom stereocenters. The van der Waals surface area contributed by atoms with E-state index < -0.39 is 11.5 Å². The monoisotopic (exact) mass is 261 g/mol. The molecule has 0 atom stereocenters. The Morgan fingerprint density at radius 1 is 1.32 bits per heavy atom. The molecule has 0 fully saturated rings. The van der Waals surface area contributed by atoms with E-state index in [1.54, 1.807) is 20.9 Å². The highest BCUT2D eigenvalue weighted by molar-refractivity contribution is 5.81. The maximum atomic E-state index is 11.3. The summed E-state index contributed by atoms with van der Waals surface area (Å²) in [5.41, 5.74) is -0.336. The van der Waals surface area contributed by atoms with Crippen LogP contribution >= 0.6 is 0 Å². The van der Waals surface area contributed by atoms with Gasteiger partial charge in [-0.15, -0.1) is 0 Å². The molecule has 0 amide bonds. The second kappa shape index (κ2) is 4.68. The van der Waals surface area contributed by atoms with Crippen molar-refractivity contribution in [1.29, 1.82) is 0 Å². The molecule has 1 aromatic carbocycles. The van der Waals surface area contributed by atoms with Crippen molar-refractivity contribution in [3.8, 4) is 5.69 Å². The van der Waals surface area contributed by atoms with Crippen LogP contribution in [0.3, 0.4) is 0 Å². The highest BCUT2D eigenvalue weighted by atomic mass is 16.4. The van der Waals surface area contributed by atoms with E-state index in [9.17, 15) is 9.90 Å². The molecule has 0 spiro atoms. The second-order valence-corrected chi connectivity index (χ2v) is 4.65. The lowest BCUT2D eigenvalue weighted by molar-refractivity contribution is -0.142. The van der Waals surface area contributed by atoms with Crippen molar-refractivity contribution in [2.24, 2.45) is 0 Å². The first-order valence-corrected chi connectivity index (χ1v) is 5.75. The molecule has 1 heterocycles. The van der Waals surface area contributed by atoms with Gasteiger partial charge in [0.15, 0.2) is 0 Å². The van der Waals surface area contributed by atoms with Crippen LogP contribution in [0.15, 0.2) is 30.3 Å². The van der Waals surface area contributed by atoms with E-state index in [4.69, 9.17) is 0 Å². The van der Waals surface area contributed by atoms with Crippen LogP contribution in [0.4, 0.5) is 5.95 Å². The Morgan fingerprint density at radius 3 is 2.53 bits per heavy atom. The smallest absolute Gasteiger partial charge is 0.329 e. The summed E-state index contributed by atoms with van der Waals surface area (Å²) in [4.78, 5) is 12.8. The number of anilines is 1. The highest BCUT2D eigenvalue weighted by Gasteiger charge is 2.35. The zero-order valence-corrected chi connectivity index (χ0v) is 11.0. The summed E-state index contributed by atoms with van der Waals surface area (Å²) in [5.74, 6) is -0.573. The molecule has 1 aromatic heterocycles. The third kappa shape index (κ3) is 2.26. The minimum atomic E-state index is -1.11. The number of rotatable bonds is 4. The Balaban J connectivity index is 2.43. The Hall–Kier alpha value is -2.44. The second-order valence-electron chi connectivity index (χ2n) is 4.65. The van der Waals surface area contributed by atoms with Crippen LogP contribution in [0.5, 0.6) is 0 Å². The molecule has 2 aromatic rings. The van der Waals surface area contributed by atoms with Gasteiger partial charge >= 0.3 is 5.97 Å². The largest absolute Gasteiger partial charge is 0.480 e. The molecule has 0 aliphatic carbocycles. The van der Waals surface area contributed by atoms with Crippen molar-refractivity contribution in [3.63, 3.8) is 0 Å². The first-order valence-electron chi connectivity index (χ1n) is 5.75. The number of para-hydroxylation sites is 1. The van der Waals surface area contributed by atoms with Crippen molar-refractivity contribution >= 4 is 11.9 Å². The van der Waals surface area contributed by atoms with E-state index in [1.165, 1.54) is 9.58 Å². The lowest BCUT2D eigenvalue weighted by atomic mass is 10.1. The van der Waals surface area contributed by atoms with Gasteiger partial charge in [0.1, 0.15) is 5.54 Å². The molecule has 1 N–H and O–H groups in total. The summed E-state index contributed by atoms with van der Waals surface area (Å²) in [6.07, 6.45) is 0. The molecular weight excluding hydrogens is 246 g/mol. The predicted molar refractivity (Wildman–Crippen MR) is 69.3 cm³/mol. The Labute approximate surface area is 110 Å². The van der Waals surface area contributed by atoms with E-state index in [2.05, 4.69) is 15.5 Å². The van der Waals surface area contributed by atoms with E-state index in [-0.39, 0.29) is 0 Å². The van der Waals surface area contributed by atoms with E-state index >= 15 is 0 Å². The molecule has 100 valence electrons. The summed E-state index contributed by atoms with van der Waals surface area (Å²) in [6.45, 7) is 3.19. The number of aliphatic carboxylic acids is 1. The normalized spacial score (nSPS) is 11.3. The minimum Gasteiger partial charge on any atom is -0.480 e. The number of benzene rings is 1. The van der Waals surface area contributed by atoms with Crippen LogP contribution in [-0.2, 0) is 4.79 Å². The van der Waals surface area contributed by atoms with Crippen LogP contribution in [-0.4, -0.2) is 43.9 Å². The van der Waals surface area contributed by atoms with Crippen LogP contribution in [0, 0.1) is 0 Å². The summed E-state index contributed by atoms with van der Waals surface area (Å²) in [7, 11) is 1.65. The van der Waals surface area contributed by atoms with E-state index in [0.717, 1.165) is 5.69 Å². The van der Waals surface area contributed by atoms with Gasteiger partial charge in [-0.3, -0.25) is 0 Å². The molecule has 7 heteroatoms. The molecule has 2 rings (SSSR count). The molecule has 7 nitrogen and oxygen atoms in total. The lowest BCUT2D eigenvalue weighted by Crippen LogP contribution is -2.49. The van der Waals surface area contributed by atoms with Gasteiger partial charge in [-0.25, -0.2) is 4.79 Å². The van der Waals surface area contributed by atoms with Gasteiger partial charge in [0.05, 0.1) is 5.69 Å². The zero-order valence-electron chi connectivity index (χ0n) is 11.0. The van der Waals surface area contributed by atoms with Crippen molar-refractivity contribution in [2.45, 2.75) is 19.4 Å². The number of hydrogen-bond donors (Lipinski definition) is 1. The standard InChI is InChI=1S/C12H15N5O2/c1-12(2,10(18)19)16(3)11-13-14-15-17(11)9-7-5-4-6-8-9/h4-8H,1-3H3,(H,18,19). The Kier molecular flexibility index (Phi) is 3.20. The quantitative estimate of drug-likeness (QED) is 0.882. The van der Waals surface area contributed by atoms with Gasteiger partial charge < -0.3 is 10.0 Å². The van der Waals surface area contributed by atoms with Gasteiger partial charge in [0.25, 0.3) is 5.95 Å². The summed E-state index contributed by atoms with van der Waals surface area (Å²) >= 11 is 0. The molecule has 0 aliphatic heterocycles. The van der Waals surface area contributed by atoms with Gasteiger partial charge in [0, 0.05) is 7.05 Å². The molecule has 0 bridgehead atoms. The third-order valence-corrected chi connectivity index (χ3v) is 3.12. The van der Waals surface area contributed by atoms with Crippen molar-refractivity contribution < 1.29 is 9.90 Å². The van der Waals surface area contributed by atoms with Gasteiger partial charge in [-0.1, -0.05) is 23.3 Å². The van der Waals surface area contributed by atoms with Gasteiger partial charge in [-0.05, 0) is 36.4 Å². The fourth-order valence-electron chi connectivity index (χ4n) is 1.52. The number of nitrogens with zero attached hydrogens (tertiary/aromatic N) is 5. The van der Waals surface area contributed by atoms with Crippen molar-refractivity contribution in [1.82, 2.24) is 20.2 Å². The summed E-state index contributed by atoms with van der Waals surface area (Å²) in [5, 5.41) is 20.7. The van der Waals surface area contributed by atoms with Gasteiger partial charge in [-0.2, -0.15) is 4.68 Å². The number of hydrogen-bond acceptors (Lipinski definition) is 5. The lowest BCUT2D eigenvalue weighted by Gasteiger charge is -2.31. The number of carbonyl (C=O) groups is 1. The highest BCUT2D eigenvalue weighted by Crippen LogP contribution is 2.21. The first kappa shape index (κ1) is 13.0. The Bertz CT molecular complexity index is 579. The van der Waals surface area contributed by atoms with Crippen molar-refractivity contribution in [3.05, 3.63) is 30.3 Å². The van der Waals surface area contributed by atoms with Gasteiger partial charge in [0.2, 0.25) is 0 Å². The summed E-state index contributed by atoms with van der Waals surface area (Å²) < 4.78 is 1.50. The minimum absolute atomic E-state index is 0.374. The molecule has 0 radical (unpaired) electrons. The topological polar surface area (TPSA) is 84.1 Å². The maximum Gasteiger partial charge on any atom is 0.329 e. The van der Waals surface area contributed by atoms with Crippen molar-refractivity contribution in [2.75, 3.05) is 11.9 Å². The molecule has 0 saturated heterocycles. The van der Waals surface area contributed by atoms with E-state index in [1.807, 2.05) is 30.3 Å². The number of likely N-dealkylation sites (N-methyl/N-ethyl adjacent to an activating group) is 1. The number of carboxylic acids is 1. The fraction of sp³-hybridized carbons (Fsp3) is 0.333. The predicted octanol–water partition coefficient (Wildman–Crippen LogP) is 0.962. The number of tetrazole rings is 1.